The lowest BCUT2D eigenvalue weighted by Gasteiger charge is -2.50. The predicted octanol–water partition coefficient (Wildman–Crippen LogP) is 0.310. The zero-order valence-electron chi connectivity index (χ0n) is 10.2. The molecule has 18 heavy (non-hydrogen) atoms. The molecule has 0 radical (unpaired) electrons. The van der Waals surface area contributed by atoms with Crippen LogP contribution in [0.4, 0.5) is 0 Å². The summed E-state index contributed by atoms with van der Waals surface area (Å²) in [5.74, 6) is -1.33. The lowest BCUT2D eigenvalue weighted by Crippen LogP contribution is -2.63. The van der Waals surface area contributed by atoms with Crippen molar-refractivity contribution in [3.8, 4) is 0 Å². The second-order valence-electron chi connectivity index (χ2n) is 4.48. The first-order valence-corrected chi connectivity index (χ1v) is 7.62. The molecule has 1 saturated heterocycles. The van der Waals surface area contributed by atoms with Crippen LogP contribution in [0, 0.1) is 5.21 Å². The van der Waals surface area contributed by atoms with E-state index in [1.807, 2.05) is 0 Å². The van der Waals surface area contributed by atoms with E-state index >= 15 is 0 Å². The summed E-state index contributed by atoms with van der Waals surface area (Å²) >= 11 is 0. The average molecular weight is 282 g/mol. The van der Waals surface area contributed by atoms with Gasteiger partial charge in [0, 0.05) is 19.5 Å². The van der Waals surface area contributed by atoms with Gasteiger partial charge < -0.3 is 20.1 Å². The van der Waals surface area contributed by atoms with Crippen LogP contribution in [0.2, 0.25) is 0 Å². The van der Waals surface area contributed by atoms with Crippen LogP contribution in [0.5, 0.6) is 0 Å². The highest BCUT2D eigenvalue weighted by molar-refractivity contribution is 7.51. The van der Waals surface area contributed by atoms with Crippen LogP contribution in [0.3, 0.4) is 0 Å². The Kier molecular flexibility index (Phi) is 4.88. The molecule has 0 aromatic heterocycles. The highest BCUT2D eigenvalue weighted by Gasteiger charge is 2.44. The first-order chi connectivity index (χ1) is 8.20. The summed E-state index contributed by atoms with van der Waals surface area (Å²) in [5.41, 5.74) is 0. The van der Waals surface area contributed by atoms with Gasteiger partial charge in [-0.25, -0.2) is 4.79 Å². The van der Waals surface area contributed by atoms with Crippen molar-refractivity contribution in [1.29, 1.82) is 0 Å². The highest BCUT2D eigenvalue weighted by Crippen LogP contribution is 2.41. The van der Waals surface area contributed by atoms with Gasteiger partial charge in [0.1, 0.15) is 0 Å². The summed E-state index contributed by atoms with van der Waals surface area (Å²) in [7, 11) is -4.59. The number of quaternary nitrogens is 1. The van der Waals surface area contributed by atoms with Crippen molar-refractivity contribution >= 4 is 13.6 Å². The van der Waals surface area contributed by atoms with Crippen molar-refractivity contribution in [1.82, 2.24) is 5.01 Å². The molecule has 0 aromatic carbocycles. The van der Waals surface area contributed by atoms with E-state index in [9.17, 15) is 14.6 Å². The second-order valence-corrected chi connectivity index (χ2v) is 6.10. The lowest BCUT2D eigenvalue weighted by molar-refractivity contribution is -0.997. The highest BCUT2D eigenvalue weighted by atomic mass is 31.2. The topological polar surface area (TPSA) is 121 Å². The number of carbonyl (C=O) groups is 1. The van der Waals surface area contributed by atoms with Crippen molar-refractivity contribution in [3.63, 3.8) is 0 Å². The number of nitrogens with zero attached hydrogens (tertiary/aromatic N) is 2. The number of carboxylic acids is 1. The lowest BCUT2D eigenvalue weighted by atomic mass is 10.2. The molecule has 2 atom stereocenters. The van der Waals surface area contributed by atoms with Gasteiger partial charge in [-0.2, -0.15) is 5.01 Å². The summed E-state index contributed by atoms with van der Waals surface area (Å²) in [4.78, 5) is 29.2. The van der Waals surface area contributed by atoms with Crippen LogP contribution in [0.25, 0.3) is 0 Å². The first-order valence-electron chi connectivity index (χ1n) is 5.82. The molecule has 0 bridgehead atoms. The maximum absolute atomic E-state index is 12.7. The van der Waals surface area contributed by atoms with Crippen molar-refractivity contribution < 1.29 is 29.0 Å². The molecule has 0 saturated carbocycles. The van der Waals surface area contributed by atoms with E-state index in [2.05, 4.69) is 0 Å². The maximum Gasteiger partial charge on any atom is 0.381 e. The average Bonchev–Trinajstić information content (AvgIpc) is 2.67. The second kappa shape index (κ2) is 5.64. The van der Waals surface area contributed by atoms with Gasteiger partial charge in [0.2, 0.25) is 6.04 Å². The Labute approximate surface area is 105 Å². The van der Waals surface area contributed by atoms with E-state index < -0.39 is 30.6 Å². The molecule has 8 nitrogen and oxygen atoms in total. The van der Waals surface area contributed by atoms with Gasteiger partial charge in [-0.3, -0.25) is 9.32 Å². The third-order valence-electron chi connectivity index (χ3n) is 3.11. The third kappa shape index (κ3) is 3.50. The van der Waals surface area contributed by atoms with E-state index in [1.54, 1.807) is 0 Å². The number of hydrogen-bond acceptors (Lipinski definition) is 4. The summed E-state index contributed by atoms with van der Waals surface area (Å²) in [5, 5.41) is 23.1. The van der Waals surface area contributed by atoms with Gasteiger partial charge in [-0.15, -0.1) is 0 Å². The zero-order chi connectivity index (χ0) is 14.0. The smallest absolute Gasteiger partial charge is 0.381 e. The van der Waals surface area contributed by atoms with Gasteiger partial charge in [0.25, 0.3) is 0 Å². The minimum Gasteiger partial charge on any atom is -0.610 e. The Morgan fingerprint density at radius 2 is 1.94 bits per heavy atom. The number of hydroxylamine groups is 2. The fourth-order valence-electron chi connectivity index (χ4n) is 2.32. The molecule has 1 aliphatic heterocycles. The van der Waals surface area contributed by atoms with Crippen LogP contribution in [-0.4, -0.2) is 56.0 Å². The molecule has 2 unspecified atom stereocenters. The minimum absolute atomic E-state index is 0.0231. The van der Waals surface area contributed by atoms with E-state index in [-0.39, 0.29) is 6.42 Å². The molecule has 0 spiro atoms. The first kappa shape index (κ1) is 15.6. The Hall–Kier alpha value is -0.500. The molecular formula is C9H19N2O6P. The van der Waals surface area contributed by atoms with Crippen LogP contribution in [-0.2, 0) is 9.36 Å². The predicted molar refractivity (Wildman–Crippen MR) is 63.1 cm³/mol. The molecule has 0 aromatic rings. The number of hydrogen-bond donors (Lipinski definition) is 3. The van der Waals surface area contributed by atoms with E-state index in [4.69, 9.17) is 14.9 Å². The SMILES string of the molecule is CCC(C(=O)O)[N+]([O-])(CP(=O)(O)O)N1CCCC1. The largest absolute Gasteiger partial charge is 0.610 e. The maximum atomic E-state index is 12.7. The van der Waals surface area contributed by atoms with Gasteiger partial charge in [-0.05, 0) is 12.8 Å². The fourth-order valence-corrected chi connectivity index (χ4v) is 3.22. The van der Waals surface area contributed by atoms with Crippen LogP contribution in [0.1, 0.15) is 26.2 Å². The summed E-state index contributed by atoms with van der Waals surface area (Å²) < 4.78 is 9.64. The molecule has 9 heteroatoms. The molecule has 1 rings (SSSR count). The molecule has 1 heterocycles. The van der Waals surface area contributed by atoms with Crippen molar-refractivity contribution in [2.45, 2.75) is 32.2 Å². The Morgan fingerprint density at radius 3 is 2.28 bits per heavy atom. The van der Waals surface area contributed by atoms with Gasteiger partial charge in [0.15, 0.2) is 6.29 Å². The van der Waals surface area contributed by atoms with Crippen molar-refractivity contribution in [3.05, 3.63) is 5.21 Å². The molecule has 106 valence electrons. The quantitative estimate of drug-likeness (QED) is 0.364. The van der Waals surface area contributed by atoms with E-state index in [0.29, 0.717) is 13.1 Å². The number of rotatable bonds is 6. The van der Waals surface area contributed by atoms with Crippen LogP contribution < -0.4 is 0 Å². The molecule has 0 amide bonds. The molecule has 3 N–H and O–H groups in total. The number of carboxylic acid groups (broad SMARTS) is 1. The fraction of sp³-hybridized carbons (Fsp3) is 0.889. The minimum atomic E-state index is -4.59. The zero-order valence-corrected chi connectivity index (χ0v) is 11.1. The Balaban J connectivity index is 3.05. The van der Waals surface area contributed by atoms with Crippen molar-refractivity contribution in [2.75, 3.05) is 19.4 Å². The molecule has 1 fully saturated rings. The standard InChI is InChI=1S/C9H19N2O6P/c1-2-8(9(12)13)11(14,7-18(15,16)17)10-5-3-4-6-10/h8H,2-7H2,1H3,(H,12,13)(H2,15,16,17). The van der Waals surface area contributed by atoms with Crippen LogP contribution in [0.15, 0.2) is 0 Å². The summed E-state index contributed by atoms with van der Waals surface area (Å²) in [6.45, 7) is 2.26. The Bertz CT molecular complexity index is 353. The monoisotopic (exact) mass is 282 g/mol. The third-order valence-corrected chi connectivity index (χ3v) is 3.88. The van der Waals surface area contributed by atoms with Gasteiger partial charge in [-0.1, -0.05) is 6.92 Å². The molecular weight excluding hydrogens is 263 g/mol. The van der Waals surface area contributed by atoms with Gasteiger partial charge in [0.05, 0.1) is 0 Å². The van der Waals surface area contributed by atoms with E-state index in [0.717, 1.165) is 12.8 Å². The summed E-state index contributed by atoms with van der Waals surface area (Å²) in [6, 6.07) is -1.38. The van der Waals surface area contributed by atoms with Gasteiger partial charge >= 0.3 is 13.6 Å². The number of aliphatic carboxylic acids is 1. The molecule has 1 aliphatic rings. The van der Waals surface area contributed by atoms with E-state index in [1.165, 1.54) is 11.9 Å². The molecule has 0 aliphatic carbocycles. The van der Waals surface area contributed by atoms with Crippen molar-refractivity contribution in [2.24, 2.45) is 0 Å². The summed E-state index contributed by atoms with van der Waals surface area (Å²) in [6.07, 6.45) is 0.478. The van der Waals surface area contributed by atoms with Crippen LogP contribution >= 0.6 is 7.60 Å². The Morgan fingerprint density at radius 1 is 1.44 bits per heavy atom. The normalized spacial score (nSPS) is 22.7.